The molecule has 1 atom stereocenters. The first-order chi connectivity index (χ1) is 13.0. The molecule has 6 nitrogen and oxygen atoms in total. The van der Waals surface area contributed by atoms with Crippen molar-refractivity contribution >= 4 is 11.5 Å². The van der Waals surface area contributed by atoms with E-state index in [-0.39, 0.29) is 17.4 Å². The zero-order valence-corrected chi connectivity index (χ0v) is 14.7. The lowest BCUT2D eigenvalue weighted by Crippen LogP contribution is -2.37. The van der Waals surface area contributed by atoms with Crippen LogP contribution in [0.2, 0.25) is 0 Å². The van der Waals surface area contributed by atoms with Gasteiger partial charge in [-0.1, -0.05) is 18.2 Å². The Kier molecular flexibility index (Phi) is 5.85. The Hall–Kier alpha value is -2.74. The Bertz CT molecular complexity index is 814. The summed E-state index contributed by atoms with van der Waals surface area (Å²) in [4.78, 5) is 14.7. The van der Waals surface area contributed by atoms with Gasteiger partial charge in [-0.15, -0.1) is 0 Å². The normalized spacial score (nSPS) is 17.0. The Labute approximate surface area is 155 Å². The zero-order chi connectivity index (χ0) is 19.4. The van der Waals surface area contributed by atoms with Gasteiger partial charge in [-0.25, -0.2) is 4.68 Å². The molecule has 3 N–H and O–H groups in total. The van der Waals surface area contributed by atoms with E-state index in [1.165, 1.54) is 24.5 Å². The Morgan fingerprint density at radius 3 is 2.63 bits per heavy atom. The average molecular weight is 376 g/mol. The molecule has 0 amide bonds. The van der Waals surface area contributed by atoms with Crippen LogP contribution in [0.1, 0.15) is 41.5 Å². The van der Waals surface area contributed by atoms with Gasteiger partial charge in [0.05, 0.1) is 0 Å². The van der Waals surface area contributed by atoms with Gasteiger partial charge in [0.1, 0.15) is 11.8 Å². The van der Waals surface area contributed by atoms with Crippen molar-refractivity contribution in [3.05, 3.63) is 60.1 Å². The number of nitrogens with two attached hydrogens (primary N) is 1. The van der Waals surface area contributed by atoms with Crippen LogP contribution in [0, 0.1) is 5.92 Å². The number of aromatic nitrogens is 2. The first-order valence-electron chi connectivity index (χ1n) is 8.79. The second-order valence-corrected chi connectivity index (χ2v) is 6.45. The van der Waals surface area contributed by atoms with Crippen LogP contribution in [0.4, 0.5) is 14.5 Å². The predicted octanol–water partition coefficient (Wildman–Crippen LogP) is 2.88. The number of aliphatic hydroxyl groups is 1. The summed E-state index contributed by atoms with van der Waals surface area (Å²) in [5, 5.41) is 13.8. The third kappa shape index (κ3) is 4.00. The molecule has 0 saturated carbocycles. The highest BCUT2D eigenvalue weighted by Crippen LogP contribution is 2.31. The number of benzene rings is 1. The number of ketones is 1. The van der Waals surface area contributed by atoms with E-state index in [2.05, 4.69) is 10.00 Å². The molecule has 1 aliphatic heterocycles. The van der Waals surface area contributed by atoms with Crippen LogP contribution in [-0.4, -0.2) is 33.8 Å². The van der Waals surface area contributed by atoms with Gasteiger partial charge >= 0.3 is 6.55 Å². The quantitative estimate of drug-likeness (QED) is 0.758. The molecule has 0 bridgehead atoms. The van der Waals surface area contributed by atoms with Gasteiger partial charge in [-0.3, -0.25) is 4.79 Å². The largest absolute Gasteiger partial charge is 0.405 e. The van der Waals surface area contributed by atoms with Gasteiger partial charge in [0.15, 0.2) is 5.78 Å². The van der Waals surface area contributed by atoms with Gasteiger partial charge in [0, 0.05) is 36.5 Å². The molecule has 2 aromatic rings. The lowest BCUT2D eigenvalue weighted by Gasteiger charge is -2.34. The van der Waals surface area contributed by atoms with Gasteiger partial charge in [0.25, 0.3) is 0 Å². The number of Topliss-reactive ketones (excluding diaryl/α,β-unsaturated/α-hetero) is 1. The van der Waals surface area contributed by atoms with E-state index in [9.17, 15) is 18.7 Å². The monoisotopic (exact) mass is 376 g/mol. The van der Waals surface area contributed by atoms with Gasteiger partial charge in [0.2, 0.25) is 0 Å². The fourth-order valence-electron chi connectivity index (χ4n) is 3.49. The number of para-hydroxylation sites is 1. The molecular weight excluding hydrogens is 354 g/mol. The highest BCUT2D eigenvalue weighted by molar-refractivity contribution is 5.96. The summed E-state index contributed by atoms with van der Waals surface area (Å²) in [6.45, 7) is -1.65. The van der Waals surface area contributed by atoms with Crippen molar-refractivity contribution in [2.45, 2.75) is 25.5 Å². The van der Waals surface area contributed by atoms with Crippen molar-refractivity contribution in [2.75, 3.05) is 18.0 Å². The van der Waals surface area contributed by atoms with Gasteiger partial charge in [-0.05, 0) is 37.3 Å². The van der Waals surface area contributed by atoms with Gasteiger partial charge in [-0.2, -0.15) is 13.9 Å². The molecule has 3 rings (SSSR count). The fourth-order valence-corrected chi connectivity index (χ4v) is 3.49. The number of hydrogen-bond acceptors (Lipinski definition) is 5. The van der Waals surface area contributed by atoms with E-state index >= 15 is 0 Å². The van der Waals surface area contributed by atoms with Crippen molar-refractivity contribution < 1.29 is 18.7 Å². The summed E-state index contributed by atoms with van der Waals surface area (Å²) in [5.41, 5.74) is 6.94. The summed E-state index contributed by atoms with van der Waals surface area (Å²) in [7, 11) is 0. The molecule has 1 aromatic heterocycles. The lowest BCUT2D eigenvalue weighted by atomic mass is 9.90. The Morgan fingerprint density at radius 2 is 1.96 bits per heavy atom. The first-order valence-corrected chi connectivity index (χ1v) is 8.79. The van der Waals surface area contributed by atoms with Crippen LogP contribution in [0.25, 0.3) is 0 Å². The highest BCUT2D eigenvalue weighted by atomic mass is 19.3. The molecule has 0 spiro atoms. The summed E-state index contributed by atoms with van der Waals surface area (Å²) in [5.74, 6) is -0.622. The third-order valence-corrected chi connectivity index (χ3v) is 4.86. The van der Waals surface area contributed by atoms with Crippen molar-refractivity contribution in [3.63, 3.8) is 0 Å². The van der Waals surface area contributed by atoms with Crippen LogP contribution in [0.15, 0.2) is 48.8 Å². The predicted molar refractivity (Wildman–Crippen MR) is 97.5 cm³/mol. The number of hydrogen-bond donors (Lipinski definition) is 2. The number of halogens is 2. The van der Waals surface area contributed by atoms with Crippen LogP contribution >= 0.6 is 0 Å². The molecule has 1 saturated heterocycles. The second kappa shape index (κ2) is 8.30. The molecule has 1 aromatic carbocycles. The molecule has 1 aliphatic rings. The average Bonchev–Trinajstić information content (AvgIpc) is 3.18. The standard InChI is InChI=1S/C19H22F2N4O2/c20-19(21)25-16(6-10-23-25)18(27)13-7-11-24(12-8-13)15-4-2-1-3-14(15)17(26)5-9-22/h1-6,9-10,13,17,19,26H,7-8,11-12,22H2/b9-5+. The molecule has 8 heteroatoms. The zero-order valence-electron chi connectivity index (χ0n) is 14.7. The third-order valence-electron chi connectivity index (χ3n) is 4.86. The van der Waals surface area contributed by atoms with Crippen molar-refractivity contribution in [3.8, 4) is 0 Å². The fraction of sp³-hybridized carbons (Fsp3) is 0.368. The highest BCUT2D eigenvalue weighted by Gasteiger charge is 2.30. The minimum Gasteiger partial charge on any atom is -0.405 e. The van der Waals surface area contributed by atoms with E-state index in [4.69, 9.17) is 5.73 Å². The number of carbonyl (C=O) groups excluding carboxylic acids is 1. The molecule has 2 heterocycles. The Morgan fingerprint density at radius 1 is 1.26 bits per heavy atom. The summed E-state index contributed by atoms with van der Waals surface area (Å²) < 4.78 is 26.4. The summed E-state index contributed by atoms with van der Waals surface area (Å²) in [6.07, 6.45) is 4.30. The second-order valence-electron chi connectivity index (χ2n) is 6.45. The number of piperidine rings is 1. The number of alkyl halides is 2. The first kappa shape index (κ1) is 19.0. The number of nitrogens with zero attached hydrogens (tertiary/aromatic N) is 3. The van der Waals surface area contributed by atoms with E-state index in [0.717, 1.165) is 11.3 Å². The molecule has 0 radical (unpaired) electrons. The van der Waals surface area contributed by atoms with E-state index in [1.54, 1.807) is 0 Å². The minimum atomic E-state index is -2.83. The van der Waals surface area contributed by atoms with Crippen LogP contribution in [0.5, 0.6) is 0 Å². The number of aliphatic hydroxyl groups excluding tert-OH is 1. The molecular formula is C19H22F2N4O2. The number of anilines is 1. The minimum absolute atomic E-state index is 0.0487. The molecule has 144 valence electrons. The SMILES string of the molecule is N/C=C/C(O)c1ccccc1N1CCC(C(=O)c2ccnn2C(F)F)CC1. The molecule has 1 fully saturated rings. The lowest BCUT2D eigenvalue weighted by molar-refractivity contribution is 0.0501. The van der Waals surface area contributed by atoms with E-state index in [0.29, 0.717) is 30.6 Å². The smallest absolute Gasteiger partial charge is 0.333 e. The van der Waals surface area contributed by atoms with Crippen molar-refractivity contribution in [2.24, 2.45) is 11.7 Å². The topological polar surface area (TPSA) is 84.4 Å². The van der Waals surface area contributed by atoms with Crippen molar-refractivity contribution in [1.29, 1.82) is 0 Å². The van der Waals surface area contributed by atoms with E-state index in [1.807, 2.05) is 24.3 Å². The number of rotatable bonds is 6. The summed E-state index contributed by atoms with van der Waals surface area (Å²) >= 11 is 0. The van der Waals surface area contributed by atoms with Crippen LogP contribution < -0.4 is 10.6 Å². The van der Waals surface area contributed by atoms with Crippen LogP contribution in [0.3, 0.4) is 0 Å². The maximum atomic E-state index is 13.0. The van der Waals surface area contributed by atoms with E-state index < -0.39 is 12.7 Å². The maximum Gasteiger partial charge on any atom is 0.333 e. The van der Waals surface area contributed by atoms with Crippen LogP contribution in [-0.2, 0) is 0 Å². The number of carbonyl (C=O) groups is 1. The Balaban J connectivity index is 1.71. The van der Waals surface area contributed by atoms with Crippen molar-refractivity contribution in [1.82, 2.24) is 9.78 Å². The summed E-state index contributed by atoms with van der Waals surface area (Å²) in [6, 6.07) is 8.81. The molecule has 27 heavy (non-hydrogen) atoms. The molecule has 0 aliphatic carbocycles. The maximum absolute atomic E-state index is 13.0. The van der Waals surface area contributed by atoms with Gasteiger partial charge < -0.3 is 15.7 Å². The molecule has 1 unspecified atom stereocenters.